The van der Waals surface area contributed by atoms with Crippen LogP contribution in [0.5, 0.6) is 0 Å². The number of nitrogens with zero attached hydrogens (tertiary/aromatic N) is 1. The number of carbonyl (C=O) groups excluding carboxylic acids is 1. The summed E-state index contributed by atoms with van der Waals surface area (Å²) in [6.45, 7) is 1.72. The minimum atomic E-state index is -0.439. The van der Waals surface area contributed by atoms with Crippen molar-refractivity contribution in [1.82, 2.24) is 10.3 Å². The predicted molar refractivity (Wildman–Crippen MR) is 74.3 cm³/mol. The zero-order chi connectivity index (χ0) is 14.5. The molecule has 0 saturated carbocycles. The second-order valence-corrected chi connectivity index (χ2v) is 4.29. The largest absolute Gasteiger partial charge is 0.345 e. The molecule has 1 atom stereocenters. The fourth-order valence-corrected chi connectivity index (χ4v) is 1.83. The summed E-state index contributed by atoms with van der Waals surface area (Å²) in [7, 11) is 0. The highest BCUT2D eigenvalue weighted by atomic mass is 19.1. The topological polar surface area (TPSA) is 80.0 Å². The van der Waals surface area contributed by atoms with Crippen molar-refractivity contribution in [2.24, 2.45) is 5.84 Å². The third kappa shape index (κ3) is 3.10. The van der Waals surface area contributed by atoms with Gasteiger partial charge in [0.1, 0.15) is 11.6 Å². The molecule has 4 N–H and O–H groups in total. The summed E-state index contributed by atoms with van der Waals surface area (Å²) in [5.41, 5.74) is 3.20. The molecule has 1 heterocycles. The van der Waals surface area contributed by atoms with Crippen LogP contribution in [0.1, 0.15) is 28.9 Å². The van der Waals surface area contributed by atoms with Crippen LogP contribution in [0.3, 0.4) is 0 Å². The maximum atomic E-state index is 13.6. The van der Waals surface area contributed by atoms with Crippen LogP contribution in [0.25, 0.3) is 0 Å². The first-order valence-corrected chi connectivity index (χ1v) is 6.09. The van der Waals surface area contributed by atoms with Gasteiger partial charge in [-0.05, 0) is 25.1 Å². The van der Waals surface area contributed by atoms with E-state index in [0.717, 1.165) is 0 Å². The fraction of sp³-hybridized carbons (Fsp3) is 0.143. The third-order valence-corrected chi connectivity index (χ3v) is 2.89. The number of rotatable bonds is 4. The molecule has 104 valence electrons. The standard InChI is InChI=1S/C14H15FN4O/c1-9(11-4-2-3-5-12(11)15)18-14(20)10-6-7-17-13(8-10)19-16/h2-9H,16H2,1H3,(H,17,19)(H,18,20). The van der Waals surface area contributed by atoms with Gasteiger partial charge in [-0.2, -0.15) is 0 Å². The number of hydrogen-bond acceptors (Lipinski definition) is 4. The highest BCUT2D eigenvalue weighted by molar-refractivity contribution is 5.95. The maximum absolute atomic E-state index is 13.6. The third-order valence-electron chi connectivity index (χ3n) is 2.89. The SMILES string of the molecule is CC(NC(=O)c1ccnc(NN)c1)c1ccccc1F. The van der Waals surface area contributed by atoms with E-state index in [2.05, 4.69) is 15.7 Å². The smallest absolute Gasteiger partial charge is 0.251 e. The Morgan fingerprint density at radius 2 is 2.10 bits per heavy atom. The maximum Gasteiger partial charge on any atom is 0.251 e. The van der Waals surface area contributed by atoms with Crippen molar-refractivity contribution in [3.05, 3.63) is 59.5 Å². The van der Waals surface area contributed by atoms with Crippen LogP contribution in [-0.4, -0.2) is 10.9 Å². The molecular weight excluding hydrogens is 259 g/mol. The number of nitrogen functional groups attached to an aromatic ring is 1. The van der Waals surface area contributed by atoms with Crippen molar-refractivity contribution in [3.8, 4) is 0 Å². The second kappa shape index (κ2) is 6.12. The number of anilines is 1. The Hall–Kier alpha value is -2.47. The van der Waals surface area contributed by atoms with Gasteiger partial charge in [-0.15, -0.1) is 0 Å². The molecule has 0 spiro atoms. The first-order chi connectivity index (χ1) is 9.61. The fourth-order valence-electron chi connectivity index (χ4n) is 1.83. The first-order valence-electron chi connectivity index (χ1n) is 6.09. The van der Waals surface area contributed by atoms with Crippen LogP contribution in [-0.2, 0) is 0 Å². The number of aromatic nitrogens is 1. The highest BCUT2D eigenvalue weighted by Crippen LogP contribution is 2.17. The molecule has 5 nitrogen and oxygen atoms in total. The van der Waals surface area contributed by atoms with Gasteiger partial charge in [-0.3, -0.25) is 4.79 Å². The van der Waals surface area contributed by atoms with Crippen LogP contribution in [0, 0.1) is 5.82 Å². The van der Waals surface area contributed by atoms with Gasteiger partial charge in [0.15, 0.2) is 0 Å². The monoisotopic (exact) mass is 274 g/mol. The molecule has 0 fully saturated rings. The Morgan fingerprint density at radius 1 is 1.35 bits per heavy atom. The van der Waals surface area contributed by atoms with Gasteiger partial charge in [-0.1, -0.05) is 18.2 Å². The first kappa shape index (κ1) is 14.0. The van der Waals surface area contributed by atoms with Crippen LogP contribution >= 0.6 is 0 Å². The van der Waals surface area contributed by atoms with Gasteiger partial charge in [0.2, 0.25) is 0 Å². The molecule has 0 radical (unpaired) electrons. The van der Waals surface area contributed by atoms with E-state index >= 15 is 0 Å². The Bertz CT molecular complexity index is 618. The summed E-state index contributed by atoms with van der Waals surface area (Å²) < 4.78 is 13.6. The number of hydrogen-bond donors (Lipinski definition) is 3. The van der Waals surface area contributed by atoms with Crippen molar-refractivity contribution in [2.45, 2.75) is 13.0 Å². The van der Waals surface area contributed by atoms with Gasteiger partial charge in [0.25, 0.3) is 5.91 Å². The molecule has 0 saturated heterocycles. The molecule has 1 amide bonds. The van der Waals surface area contributed by atoms with Crippen LogP contribution in [0.2, 0.25) is 0 Å². The Kier molecular flexibility index (Phi) is 4.27. The minimum Gasteiger partial charge on any atom is -0.345 e. The Balaban J connectivity index is 2.13. The molecule has 0 aliphatic heterocycles. The molecule has 0 aliphatic rings. The number of halogens is 1. The molecule has 2 aromatic rings. The summed E-state index contributed by atoms with van der Waals surface area (Å²) >= 11 is 0. The quantitative estimate of drug-likeness (QED) is 0.588. The number of nitrogens with one attached hydrogen (secondary N) is 2. The number of nitrogens with two attached hydrogens (primary N) is 1. The molecule has 1 aromatic heterocycles. The van der Waals surface area contributed by atoms with E-state index in [0.29, 0.717) is 16.9 Å². The Morgan fingerprint density at radius 3 is 2.80 bits per heavy atom. The Labute approximate surface area is 116 Å². The van der Waals surface area contributed by atoms with Crippen molar-refractivity contribution in [1.29, 1.82) is 0 Å². The van der Waals surface area contributed by atoms with Crippen molar-refractivity contribution in [2.75, 3.05) is 5.43 Å². The van der Waals surface area contributed by atoms with Gasteiger partial charge in [0.05, 0.1) is 6.04 Å². The molecule has 2 rings (SSSR count). The second-order valence-electron chi connectivity index (χ2n) is 4.29. The summed E-state index contributed by atoms with van der Waals surface area (Å²) in [4.78, 5) is 16.0. The number of benzene rings is 1. The molecule has 20 heavy (non-hydrogen) atoms. The van der Waals surface area contributed by atoms with E-state index < -0.39 is 6.04 Å². The van der Waals surface area contributed by atoms with Gasteiger partial charge in [-0.25, -0.2) is 15.2 Å². The average Bonchev–Trinajstić information content (AvgIpc) is 2.47. The van der Waals surface area contributed by atoms with Gasteiger partial charge < -0.3 is 10.7 Å². The van der Waals surface area contributed by atoms with Gasteiger partial charge in [0, 0.05) is 17.3 Å². The lowest BCUT2D eigenvalue weighted by Crippen LogP contribution is -2.27. The lowest BCUT2D eigenvalue weighted by Gasteiger charge is -2.15. The minimum absolute atomic E-state index is 0.320. The van der Waals surface area contributed by atoms with E-state index in [9.17, 15) is 9.18 Å². The van der Waals surface area contributed by atoms with E-state index in [-0.39, 0.29) is 11.7 Å². The molecule has 6 heteroatoms. The van der Waals surface area contributed by atoms with Crippen molar-refractivity contribution in [3.63, 3.8) is 0 Å². The summed E-state index contributed by atoms with van der Waals surface area (Å²) in [5.74, 6) is 4.96. The number of pyridine rings is 1. The molecule has 1 aromatic carbocycles. The number of amides is 1. The van der Waals surface area contributed by atoms with Crippen LogP contribution in [0.15, 0.2) is 42.6 Å². The van der Waals surface area contributed by atoms with E-state index in [1.807, 2.05) is 0 Å². The number of hydrazine groups is 1. The molecule has 0 bridgehead atoms. The molecular formula is C14H15FN4O. The average molecular weight is 274 g/mol. The van der Waals surface area contributed by atoms with Crippen molar-refractivity contribution < 1.29 is 9.18 Å². The number of carbonyl (C=O) groups is 1. The van der Waals surface area contributed by atoms with E-state index in [4.69, 9.17) is 5.84 Å². The van der Waals surface area contributed by atoms with Gasteiger partial charge >= 0.3 is 0 Å². The lowest BCUT2D eigenvalue weighted by atomic mass is 10.1. The predicted octanol–water partition coefficient (Wildman–Crippen LogP) is 2.00. The normalized spacial score (nSPS) is 11.8. The van der Waals surface area contributed by atoms with Crippen LogP contribution in [0.4, 0.5) is 10.2 Å². The highest BCUT2D eigenvalue weighted by Gasteiger charge is 2.14. The zero-order valence-corrected chi connectivity index (χ0v) is 10.9. The summed E-state index contributed by atoms with van der Waals surface area (Å²) in [6, 6.07) is 8.97. The summed E-state index contributed by atoms with van der Waals surface area (Å²) in [5, 5.41) is 2.73. The molecule has 0 aliphatic carbocycles. The zero-order valence-electron chi connectivity index (χ0n) is 10.9. The summed E-state index contributed by atoms with van der Waals surface area (Å²) in [6.07, 6.45) is 1.47. The van der Waals surface area contributed by atoms with E-state index in [1.165, 1.54) is 18.3 Å². The van der Waals surface area contributed by atoms with Crippen LogP contribution < -0.4 is 16.6 Å². The van der Waals surface area contributed by atoms with E-state index in [1.54, 1.807) is 31.2 Å². The molecule has 1 unspecified atom stereocenters. The lowest BCUT2D eigenvalue weighted by molar-refractivity contribution is 0.0939. The van der Waals surface area contributed by atoms with Crippen molar-refractivity contribution >= 4 is 11.7 Å².